The highest BCUT2D eigenvalue weighted by atomic mass is 32.1. The number of furan rings is 1. The maximum atomic E-state index is 6.38. The van der Waals surface area contributed by atoms with Gasteiger partial charge in [-0.1, -0.05) is 122 Å². The van der Waals surface area contributed by atoms with Crippen molar-refractivity contribution in [3.63, 3.8) is 0 Å². The summed E-state index contributed by atoms with van der Waals surface area (Å²) in [5.74, 6) is 2.76. The van der Waals surface area contributed by atoms with Crippen LogP contribution in [-0.4, -0.2) is 19.5 Å². The van der Waals surface area contributed by atoms with Gasteiger partial charge in [-0.15, -0.1) is 11.3 Å². The van der Waals surface area contributed by atoms with Crippen LogP contribution in [0.25, 0.3) is 98.9 Å². The number of allylic oxidation sites excluding steroid dienone is 2. The van der Waals surface area contributed by atoms with E-state index in [1.54, 1.807) is 17.4 Å². The van der Waals surface area contributed by atoms with E-state index >= 15 is 0 Å². The predicted molar refractivity (Wildman–Crippen MR) is 217 cm³/mol. The van der Waals surface area contributed by atoms with Crippen molar-refractivity contribution < 1.29 is 4.42 Å². The molecule has 246 valence electrons. The first-order valence-corrected chi connectivity index (χ1v) is 18.1. The Hall–Kier alpha value is -6.63. The summed E-state index contributed by atoms with van der Waals surface area (Å²) in [6, 6.07) is 46.4. The van der Waals surface area contributed by atoms with Gasteiger partial charge in [0.25, 0.3) is 0 Å². The number of aromatic nitrogens is 4. The highest BCUT2D eigenvalue weighted by molar-refractivity contribution is 7.26. The van der Waals surface area contributed by atoms with Gasteiger partial charge in [0.2, 0.25) is 0 Å². The molecule has 0 aliphatic heterocycles. The van der Waals surface area contributed by atoms with Gasteiger partial charge >= 0.3 is 0 Å². The van der Waals surface area contributed by atoms with Crippen LogP contribution in [0.5, 0.6) is 0 Å². The first kappa shape index (κ1) is 30.2. The molecule has 0 amide bonds. The second-order valence-electron chi connectivity index (χ2n) is 12.9. The van der Waals surface area contributed by atoms with Gasteiger partial charge in [0.05, 0.1) is 16.4 Å². The molecule has 10 rings (SSSR count). The average Bonchev–Trinajstić information content (AvgIpc) is 3.85. The third-order valence-corrected chi connectivity index (χ3v) is 10.9. The lowest BCUT2D eigenvalue weighted by Crippen LogP contribution is -2.01. The molecular weight excluding hydrogens is 657 g/mol. The molecule has 4 aromatic heterocycles. The van der Waals surface area contributed by atoms with Crippen molar-refractivity contribution in [2.75, 3.05) is 0 Å². The van der Waals surface area contributed by atoms with Crippen LogP contribution in [0.1, 0.15) is 11.3 Å². The second kappa shape index (κ2) is 12.0. The number of para-hydroxylation sites is 1. The molecule has 0 N–H and O–H groups in total. The molecule has 0 saturated heterocycles. The van der Waals surface area contributed by atoms with Crippen molar-refractivity contribution in [1.29, 1.82) is 0 Å². The van der Waals surface area contributed by atoms with Crippen LogP contribution in [0, 0.1) is 6.92 Å². The number of thiophene rings is 1. The van der Waals surface area contributed by atoms with Crippen LogP contribution in [0.3, 0.4) is 0 Å². The van der Waals surface area contributed by atoms with Crippen molar-refractivity contribution in [2.24, 2.45) is 0 Å². The highest BCUT2D eigenvalue weighted by Crippen LogP contribution is 2.45. The van der Waals surface area contributed by atoms with Gasteiger partial charge in [-0.25, -0.2) is 15.0 Å². The predicted octanol–water partition coefficient (Wildman–Crippen LogP) is 12.6. The lowest BCUT2D eigenvalue weighted by molar-refractivity contribution is 0.577. The van der Waals surface area contributed by atoms with Gasteiger partial charge in [0.15, 0.2) is 17.5 Å². The molecule has 0 radical (unpaired) electrons. The van der Waals surface area contributed by atoms with Crippen molar-refractivity contribution in [1.82, 2.24) is 19.5 Å². The normalized spacial score (nSPS) is 11.9. The average molecular weight is 687 g/mol. The number of nitrogens with zero attached hydrogens (tertiary/aromatic N) is 4. The van der Waals surface area contributed by atoms with Crippen LogP contribution in [0.2, 0.25) is 0 Å². The van der Waals surface area contributed by atoms with Crippen LogP contribution < -0.4 is 0 Å². The molecule has 5 nitrogen and oxygen atoms in total. The lowest BCUT2D eigenvalue weighted by Gasteiger charge is -2.14. The first-order chi connectivity index (χ1) is 25.7. The molecule has 52 heavy (non-hydrogen) atoms. The van der Waals surface area contributed by atoms with Gasteiger partial charge in [-0.3, -0.25) is 0 Å². The summed E-state index contributed by atoms with van der Waals surface area (Å²) in [7, 11) is 0. The second-order valence-corrected chi connectivity index (χ2v) is 13.9. The Morgan fingerprint density at radius 2 is 1.29 bits per heavy atom. The molecule has 0 spiro atoms. The van der Waals surface area contributed by atoms with Gasteiger partial charge in [0, 0.05) is 58.9 Å². The minimum Gasteiger partial charge on any atom is -0.461 e. The van der Waals surface area contributed by atoms with Crippen LogP contribution in [-0.2, 0) is 0 Å². The van der Waals surface area contributed by atoms with Crippen molar-refractivity contribution in [3.8, 4) is 39.9 Å². The Labute approximate surface area is 303 Å². The van der Waals surface area contributed by atoms with E-state index in [1.807, 2.05) is 49.4 Å². The molecule has 6 aromatic carbocycles. The number of hydrogen-bond acceptors (Lipinski definition) is 5. The van der Waals surface area contributed by atoms with E-state index in [4.69, 9.17) is 19.4 Å². The van der Waals surface area contributed by atoms with E-state index < -0.39 is 0 Å². The quantitative estimate of drug-likeness (QED) is 0.163. The Balaban J connectivity index is 1.35. The third-order valence-electron chi connectivity index (χ3n) is 9.77. The van der Waals surface area contributed by atoms with Gasteiger partial charge < -0.3 is 8.98 Å². The first-order valence-electron chi connectivity index (χ1n) is 17.2. The van der Waals surface area contributed by atoms with Crippen LogP contribution in [0.4, 0.5) is 0 Å². The zero-order chi connectivity index (χ0) is 34.8. The maximum absolute atomic E-state index is 6.38. The molecule has 0 unspecified atom stereocenters. The van der Waals surface area contributed by atoms with Crippen molar-refractivity contribution in [2.45, 2.75) is 6.92 Å². The van der Waals surface area contributed by atoms with Crippen LogP contribution >= 0.6 is 11.3 Å². The summed E-state index contributed by atoms with van der Waals surface area (Å²) >= 11 is 1.79. The van der Waals surface area contributed by atoms with E-state index in [1.165, 1.54) is 15.5 Å². The Morgan fingerprint density at radius 1 is 0.635 bits per heavy atom. The molecule has 0 saturated carbocycles. The van der Waals surface area contributed by atoms with Crippen molar-refractivity contribution >= 4 is 70.4 Å². The Bertz CT molecular complexity index is 2980. The van der Waals surface area contributed by atoms with E-state index in [2.05, 4.69) is 114 Å². The summed E-state index contributed by atoms with van der Waals surface area (Å²) in [6.07, 6.45) is 5.87. The number of aryl methyl sites for hydroxylation is 1. The molecule has 0 aliphatic carbocycles. The fraction of sp³-hybridized carbons (Fsp3) is 0.0217. The fourth-order valence-electron chi connectivity index (χ4n) is 7.49. The third kappa shape index (κ3) is 4.72. The standard InChI is InChI=1S/C46H30N4OS/c1-3-4-19-32-28(2)51-38-25-24-34-33-20-11-13-22-37(33)50(43(34)42(32)38)31-26-36(41-35-21-12-14-23-39(35)52-40(41)27-31)46-48-44(29-15-7-5-8-16-29)47-45(49-46)30-17-9-6-10-18-30/h3-27H,1H2,2H3/b19-4-. The monoisotopic (exact) mass is 686 g/mol. The topological polar surface area (TPSA) is 56.7 Å². The zero-order valence-corrected chi connectivity index (χ0v) is 29.1. The van der Waals surface area contributed by atoms with E-state index in [9.17, 15) is 0 Å². The van der Waals surface area contributed by atoms with Crippen LogP contribution in [0.15, 0.2) is 157 Å². The molecule has 0 fully saturated rings. The molecule has 0 aliphatic rings. The van der Waals surface area contributed by atoms with Gasteiger partial charge in [-0.2, -0.15) is 0 Å². The lowest BCUT2D eigenvalue weighted by atomic mass is 10.0. The summed E-state index contributed by atoms with van der Waals surface area (Å²) in [6.45, 7) is 5.96. The van der Waals surface area contributed by atoms with Gasteiger partial charge in [-0.05, 0) is 43.3 Å². The molecule has 6 heteroatoms. The molecule has 0 bridgehead atoms. The summed E-state index contributed by atoms with van der Waals surface area (Å²) in [4.78, 5) is 15.5. The number of fused-ring (bicyclic) bond motifs is 8. The summed E-state index contributed by atoms with van der Waals surface area (Å²) in [5, 5.41) is 5.72. The maximum Gasteiger partial charge on any atom is 0.164 e. The summed E-state index contributed by atoms with van der Waals surface area (Å²) < 4.78 is 11.1. The summed E-state index contributed by atoms with van der Waals surface area (Å²) in [5.41, 5.74) is 7.94. The molecule has 4 heterocycles. The molecular formula is C46H30N4OS. The SMILES string of the molecule is C=C/C=C\c1c(C)oc2ccc3c4ccccc4n(-c4cc(-c5nc(-c6ccccc6)nc(-c6ccccc6)n5)c5c(c4)sc4ccccc45)c3c12. The molecule has 0 atom stereocenters. The molecule has 10 aromatic rings. The highest BCUT2D eigenvalue weighted by Gasteiger charge is 2.23. The van der Waals surface area contributed by atoms with Crippen molar-refractivity contribution in [3.05, 3.63) is 164 Å². The fourth-order valence-corrected chi connectivity index (χ4v) is 8.65. The Kier molecular flexibility index (Phi) is 6.98. The largest absolute Gasteiger partial charge is 0.461 e. The Morgan fingerprint density at radius 3 is 2.02 bits per heavy atom. The minimum atomic E-state index is 0.628. The zero-order valence-electron chi connectivity index (χ0n) is 28.2. The number of rotatable bonds is 6. The van der Waals surface area contributed by atoms with E-state index in [0.29, 0.717) is 17.5 Å². The number of hydrogen-bond donors (Lipinski definition) is 0. The van der Waals surface area contributed by atoms with E-state index in [0.717, 1.165) is 71.2 Å². The minimum absolute atomic E-state index is 0.628. The smallest absolute Gasteiger partial charge is 0.164 e. The number of benzene rings is 6. The van der Waals surface area contributed by atoms with E-state index in [-0.39, 0.29) is 0 Å². The van der Waals surface area contributed by atoms with Gasteiger partial charge in [0.1, 0.15) is 11.3 Å².